The fourth-order valence-electron chi connectivity index (χ4n) is 1.52. The highest BCUT2D eigenvalue weighted by molar-refractivity contribution is 7.87. The van der Waals surface area contributed by atoms with Gasteiger partial charge < -0.3 is 5.11 Å². The highest BCUT2D eigenvalue weighted by atomic mass is 32.2. The van der Waals surface area contributed by atoms with Gasteiger partial charge in [-0.1, -0.05) is 30.3 Å². The number of aliphatic hydroxyl groups excluding tert-OH is 1. The summed E-state index contributed by atoms with van der Waals surface area (Å²) in [5.41, 5.74) is 0.155. The molecular weight excluding hydrogens is 252 g/mol. The number of aliphatic hydroxyl groups is 1. The van der Waals surface area contributed by atoms with Crippen molar-refractivity contribution in [3.63, 3.8) is 0 Å². The number of benzene rings is 1. The number of hydrogen-bond acceptors (Lipinski definition) is 3. The molecule has 5 nitrogen and oxygen atoms in total. The third-order valence-corrected chi connectivity index (χ3v) is 3.60. The first-order chi connectivity index (χ1) is 8.23. The number of rotatable bonds is 5. The van der Waals surface area contributed by atoms with Crippen LogP contribution in [0.5, 0.6) is 0 Å². The lowest BCUT2D eigenvalue weighted by molar-refractivity contribution is 0.258. The van der Waals surface area contributed by atoms with E-state index in [-0.39, 0.29) is 6.61 Å². The van der Waals surface area contributed by atoms with Gasteiger partial charge in [0.1, 0.15) is 0 Å². The normalized spacial score (nSPS) is 14.4. The average molecular weight is 272 g/mol. The van der Waals surface area contributed by atoms with Gasteiger partial charge in [-0.25, -0.2) is 0 Å². The van der Waals surface area contributed by atoms with Crippen molar-refractivity contribution >= 4 is 10.2 Å². The molecule has 1 aromatic rings. The molecule has 0 fully saturated rings. The van der Waals surface area contributed by atoms with Gasteiger partial charge in [0.05, 0.1) is 12.6 Å². The summed E-state index contributed by atoms with van der Waals surface area (Å²) >= 11 is 0. The first-order valence-corrected chi connectivity index (χ1v) is 7.19. The Kier molecular flexibility index (Phi) is 4.86. The molecule has 18 heavy (non-hydrogen) atoms. The lowest BCUT2D eigenvalue weighted by atomic mass is 10.1. The summed E-state index contributed by atoms with van der Waals surface area (Å²) < 4.78 is 28.6. The predicted octanol–water partition coefficient (Wildman–Crippen LogP) is 0.942. The minimum Gasteiger partial charge on any atom is -0.394 e. The molecule has 0 unspecified atom stereocenters. The molecule has 1 aromatic carbocycles. The zero-order valence-corrected chi connectivity index (χ0v) is 11.7. The summed E-state index contributed by atoms with van der Waals surface area (Å²) in [5, 5.41) is 9.29. The largest absolute Gasteiger partial charge is 0.394 e. The molecular formula is C12H20N2O3S. The highest BCUT2D eigenvalue weighted by Gasteiger charge is 2.23. The molecule has 0 radical (unpaired) electrons. The van der Waals surface area contributed by atoms with E-state index in [9.17, 15) is 13.5 Å². The van der Waals surface area contributed by atoms with Crippen molar-refractivity contribution in [1.29, 1.82) is 0 Å². The minimum atomic E-state index is -3.66. The maximum atomic E-state index is 11.9. The summed E-state index contributed by atoms with van der Waals surface area (Å²) in [7, 11) is -3.66. The highest BCUT2D eigenvalue weighted by Crippen LogP contribution is 2.13. The molecule has 3 N–H and O–H groups in total. The van der Waals surface area contributed by atoms with Gasteiger partial charge in [-0.2, -0.15) is 17.9 Å². The second kappa shape index (κ2) is 5.79. The molecule has 0 saturated heterocycles. The zero-order valence-electron chi connectivity index (χ0n) is 10.8. The van der Waals surface area contributed by atoms with E-state index >= 15 is 0 Å². The van der Waals surface area contributed by atoms with Crippen LogP contribution in [-0.4, -0.2) is 25.7 Å². The predicted molar refractivity (Wildman–Crippen MR) is 71.2 cm³/mol. The smallest absolute Gasteiger partial charge is 0.278 e. The van der Waals surface area contributed by atoms with Crippen LogP contribution in [0.3, 0.4) is 0 Å². The Balaban J connectivity index is 2.82. The van der Waals surface area contributed by atoms with Crippen LogP contribution in [0.15, 0.2) is 30.3 Å². The Morgan fingerprint density at radius 1 is 1.22 bits per heavy atom. The van der Waals surface area contributed by atoms with Crippen LogP contribution in [0.1, 0.15) is 32.4 Å². The standard InChI is InChI=1S/C12H20N2O3S/c1-12(2,3)14-18(16,17)13-11(9-15)10-7-5-4-6-8-10/h4-8,11,13-15H,9H2,1-3H3/t11-/m1/s1. The molecule has 0 heterocycles. The van der Waals surface area contributed by atoms with Gasteiger partial charge in [-0.05, 0) is 26.3 Å². The molecule has 0 aliphatic heterocycles. The summed E-state index contributed by atoms with van der Waals surface area (Å²) in [6, 6.07) is 8.30. The molecule has 1 rings (SSSR count). The fraction of sp³-hybridized carbons (Fsp3) is 0.500. The van der Waals surface area contributed by atoms with Crippen molar-refractivity contribution < 1.29 is 13.5 Å². The van der Waals surface area contributed by atoms with Crippen LogP contribution in [0.25, 0.3) is 0 Å². The fourth-order valence-corrected chi connectivity index (χ4v) is 2.97. The summed E-state index contributed by atoms with van der Waals surface area (Å²) in [5.74, 6) is 0. The number of nitrogens with one attached hydrogen (secondary N) is 2. The van der Waals surface area contributed by atoms with E-state index in [0.29, 0.717) is 0 Å². The van der Waals surface area contributed by atoms with Gasteiger partial charge in [0.25, 0.3) is 10.2 Å². The summed E-state index contributed by atoms with van der Waals surface area (Å²) in [4.78, 5) is 0. The van der Waals surface area contributed by atoms with Gasteiger partial charge in [0, 0.05) is 5.54 Å². The van der Waals surface area contributed by atoms with Crippen LogP contribution in [0.2, 0.25) is 0 Å². The van der Waals surface area contributed by atoms with Crippen molar-refractivity contribution in [3.05, 3.63) is 35.9 Å². The van der Waals surface area contributed by atoms with Crippen LogP contribution < -0.4 is 9.44 Å². The van der Waals surface area contributed by atoms with Crippen molar-refractivity contribution in [2.75, 3.05) is 6.61 Å². The Morgan fingerprint density at radius 3 is 2.22 bits per heavy atom. The van der Waals surface area contributed by atoms with Crippen molar-refractivity contribution in [2.45, 2.75) is 32.4 Å². The first-order valence-electron chi connectivity index (χ1n) is 5.70. The topological polar surface area (TPSA) is 78.4 Å². The average Bonchev–Trinajstić information content (AvgIpc) is 2.24. The monoisotopic (exact) mass is 272 g/mol. The molecule has 0 spiro atoms. The minimum absolute atomic E-state index is 0.297. The summed E-state index contributed by atoms with van der Waals surface area (Å²) in [6.07, 6.45) is 0. The Hall–Kier alpha value is -0.950. The maximum absolute atomic E-state index is 11.9. The van der Waals surface area contributed by atoms with Crippen molar-refractivity contribution in [2.24, 2.45) is 0 Å². The zero-order chi connectivity index (χ0) is 13.8. The van der Waals surface area contributed by atoms with E-state index in [4.69, 9.17) is 0 Å². The second-order valence-corrected chi connectivity index (χ2v) is 6.57. The molecule has 0 amide bonds. The molecule has 0 aliphatic carbocycles. The lowest BCUT2D eigenvalue weighted by Gasteiger charge is -2.23. The van der Waals surface area contributed by atoms with Crippen molar-refractivity contribution in [3.8, 4) is 0 Å². The van der Waals surface area contributed by atoms with Gasteiger partial charge >= 0.3 is 0 Å². The number of hydrogen-bond donors (Lipinski definition) is 3. The first kappa shape index (κ1) is 15.1. The van der Waals surface area contributed by atoms with Gasteiger partial charge in [0.15, 0.2) is 0 Å². The van der Waals surface area contributed by atoms with E-state index < -0.39 is 21.8 Å². The van der Waals surface area contributed by atoms with Crippen LogP contribution in [0.4, 0.5) is 0 Å². The maximum Gasteiger partial charge on any atom is 0.278 e. The summed E-state index contributed by atoms with van der Waals surface area (Å²) in [6.45, 7) is 4.96. The van der Waals surface area contributed by atoms with E-state index in [2.05, 4.69) is 9.44 Å². The molecule has 0 saturated carbocycles. The SMILES string of the molecule is CC(C)(C)NS(=O)(=O)N[C@H](CO)c1ccccc1. The molecule has 0 aliphatic rings. The van der Waals surface area contributed by atoms with Gasteiger partial charge in [-0.3, -0.25) is 0 Å². The quantitative estimate of drug-likeness (QED) is 0.746. The third-order valence-electron chi connectivity index (χ3n) is 2.12. The van der Waals surface area contributed by atoms with Crippen molar-refractivity contribution in [1.82, 2.24) is 9.44 Å². The van der Waals surface area contributed by atoms with E-state index in [1.165, 1.54) is 0 Å². The molecule has 102 valence electrons. The lowest BCUT2D eigenvalue weighted by Crippen LogP contribution is -2.48. The molecule has 0 bridgehead atoms. The van der Waals surface area contributed by atoms with Crippen LogP contribution >= 0.6 is 0 Å². The molecule has 1 atom stereocenters. The Bertz CT molecular complexity index is 466. The Morgan fingerprint density at radius 2 is 1.78 bits per heavy atom. The third kappa shape index (κ3) is 5.14. The molecule has 6 heteroatoms. The van der Waals surface area contributed by atoms with Crippen LogP contribution in [-0.2, 0) is 10.2 Å². The molecule has 0 aromatic heterocycles. The van der Waals surface area contributed by atoms with Gasteiger partial charge in [0.2, 0.25) is 0 Å². The van der Waals surface area contributed by atoms with Crippen LogP contribution in [0, 0.1) is 0 Å². The van der Waals surface area contributed by atoms with Gasteiger partial charge in [-0.15, -0.1) is 0 Å². The Labute approximate surface area is 108 Å². The second-order valence-electron chi connectivity index (χ2n) is 5.12. The van der Waals surface area contributed by atoms with E-state index in [0.717, 1.165) is 5.56 Å². The van der Waals surface area contributed by atoms with E-state index in [1.54, 1.807) is 45.0 Å². The van der Waals surface area contributed by atoms with E-state index in [1.807, 2.05) is 6.07 Å².